The maximum absolute atomic E-state index is 14.0. The Morgan fingerprint density at radius 1 is 0.865 bits per heavy atom. The van der Waals surface area contributed by atoms with Gasteiger partial charge in [0.05, 0.1) is 18.1 Å². The van der Waals surface area contributed by atoms with Gasteiger partial charge in [-0.3, -0.25) is 14.5 Å². The highest BCUT2D eigenvalue weighted by Crippen LogP contribution is 2.36. The summed E-state index contributed by atoms with van der Waals surface area (Å²) in [5, 5.41) is 1.85. The molecular weight excluding hydrogens is 489 g/mol. The van der Waals surface area contributed by atoms with E-state index in [-0.39, 0.29) is 17.0 Å². The maximum atomic E-state index is 14.0. The average molecular weight is 514 g/mol. The molecule has 0 saturated carbocycles. The molecule has 186 valence electrons. The first-order chi connectivity index (χ1) is 18.0. The van der Waals surface area contributed by atoms with Crippen molar-refractivity contribution in [2.75, 3.05) is 6.61 Å². The van der Waals surface area contributed by atoms with Crippen LogP contribution in [0.5, 0.6) is 11.5 Å². The van der Waals surface area contributed by atoms with Crippen molar-refractivity contribution in [1.82, 2.24) is 4.90 Å². The van der Waals surface area contributed by atoms with Gasteiger partial charge >= 0.3 is 0 Å². The molecule has 1 aliphatic rings. The van der Waals surface area contributed by atoms with Gasteiger partial charge in [0.15, 0.2) is 11.5 Å². The highest BCUT2D eigenvalue weighted by molar-refractivity contribution is 8.18. The lowest BCUT2D eigenvalue weighted by Crippen LogP contribution is -2.27. The number of ether oxygens (including phenoxy) is 2. The van der Waals surface area contributed by atoms with Crippen LogP contribution in [0.1, 0.15) is 23.6 Å². The minimum atomic E-state index is -0.453. The van der Waals surface area contributed by atoms with Gasteiger partial charge in [0, 0.05) is 5.56 Å². The Morgan fingerprint density at radius 3 is 2.46 bits per heavy atom. The van der Waals surface area contributed by atoms with E-state index in [1.165, 1.54) is 6.07 Å². The van der Waals surface area contributed by atoms with Gasteiger partial charge in [-0.1, -0.05) is 66.7 Å². The van der Waals surface area contributed by atoms with Crippen LogP contribution in [0.4, 0.5) is 9.18 Å². The first-order valence-corrected chi connectivity index (χ1v) is 12.7. The van der Waals surface area contributed by atoms with Gasteiger partial charge in [0.2, 0.25) is 0 Å². The van der Waals surface area contributed by atoms with E-state index in [1.54, 1.807) is 36.4 Å². The lowest BCUT2D eigenvalue weighted by Gasteiger charge is -2.14. The Bertz CT molecular complexity index is 1510. The normalized spacial score (nSPS) is 14.5. The molecule has 1 saturated heterocycles. The van der Waals surface area contributed by atoms with Crippen LogP contribution in [-0.2, 0) is 17.9 Å². The van der Waals surface area contributed by atoms with Gasteiger partial charge in [-0.05, 0) is 64.9 Å². The molecule has 4 aromatic carbocycles. The van der Waals surface area contributed by atoms with E-state index in [4.69, 9.17) is 9.47 Å². The summed E-state index contributed by atoms with van der Waals surface area (Å²) in [7, 11) is 0. The van der Waals surface area contributed by atoms with Crippen LogP contribution in [0.15, 0.2) is 89.8 Å². The fourth-order valence-corrected chi connectivity index (χ4v) is 5.00. The van der Waals surface area contributed by atoms with E-state index in [1.807, 2.05) is 37.3 Å². The zero-order valence-corrected chi connectivity index (χ0v) is 21.0. The minimum absolute atomic E-state index is 0.111. The third kappa shape index (κ3) is 5.37. The third-order valence-electron chi connectivity index (χ3n) is 5.99. The van der Waals surface area contributed by atoms with Crippen molar-refractivity contribution >= 4 is 39.8 Å². The van der Waals surface area contributed by atoms with Crippen LogP contribution in [0.2, 0.25) is 0 Å². The number of amides is 2. The Hall–Kier alpha value is -4.10. The second-order valence-electron chi connectivity index (χ2n) is 8.43. The molecule has 4 aromatic rings. The number of thioether (sulfide) groups is 1. The molecule has 1 aliphatic heterocycles. The largest absolute Gasteiger partial charge is 0.490 e. The standard InChI is InChI=1S/C30H24FNO4S/c1-2-35-27-16-20(14-15-26(27)36-19-23-11-7-10-21-8-3-5-12-24(21)23)17-28-29(33)32(30(34)37-28)18-22-9-4-6-13-25(22)31/h3-17H,2,18-19H2,1H3/b28-17+. The second-order valence-corrected chi connectivity index (χ2v) is 9.42. The fourth-order valence-electron chi connectivity index (χ4n) is 4.16. The summed E-state index contributed by atoms with van der Waals surface area (Å²) in [6, 6.07) is 25.8. The summed E-state index contributed by atoms with van der Waals surface area (Å²) in [4.78, 5) is 26.7. The van der Waals surface area contributed by atoms with Crippen molar-refractivity contribution in [2.45, 2.75) is 20.1 Å². The Balaban J connectivity index is 1.35. The predicted octanol–water partition coefficient (Wildman–Crippen LogP) is 7.19. The highest BCUT2D eigenvalue weighted by atomic mass is 32.2. The van der Waals surface area contributed by atoms with Crippen LogP contribution in [0, 0.1) is 5.82 Å². The van der Waals surface area contributed by atoms with Gasteiger partial charge in [-0.15, -0.1) is 0 Å². The number of rotatable bonds is 8. The van der Waals surface area contributed by atoms with Crippen molar-refractivity contribution in [3.05, 3.63) is 112 Å². The first-order valence-electron chi connectivity index (χ1n) is 11.9. The quantitative estimate of drug-likeness (QED) is 0.233. The number of hydrogen-bond acceptors (Lipinski definition) is 5. The van der Waals surface area contributed by atoms with Gasteiger partial charge in [0.1, 0.15) is 12.4 Å². The molecule has 1 heterocycles. The zero-order chi connectivity index (χ0) is 25.8. The van der Waals surface area contributed by atoms with Gasteiger partial charge in [0.25, 0.3) is 11.1 Å². The predicted molar refractivity (Wildman–Crippen MR) is 144 cm³/mol. The molecule has 0 unspecified atom stereocenters. The summed E-state index contributed by atoms with van der Waals surface area (Å²) < 4.78 is 26.0. The van der Waals surface area contributed by atoms with Crippen molar-refractivity contribution in [3.8, 4) is 11.5 Å². The minimum Gasteiger partial charge on any atom is -0.490 e. The van der Waals surface area contributed by atoms with E-state index in [9.17, 15) is 14.0 Å². The summed E-state index contributed by atoms with van der Waals surface area (Å²) in [6.45, 7) is 2.58. The smallest absolute Gasteiger partial charge is 0.293 e. The van der Waals surface area contributed by atoms with Crippen molar-refractivity contribution < 1.29 is 23.5 Å². The zero-order valence-electron chi connectivity index (χ0n) is 20.1. The van der Waals surface area contributed by atoms with Crippen LogP contribution >= 0.6 is 11.8 Å². The number of halogens is 1. The fraction of sp³-hybridized carbons (Fsp3) is 0.133. The van der Waals surface area contributed by atoms with Gasteiger partial charge in [-0.25, -0.2) is 4.39 Å². The van der Waals surface area contributed by atoms with Crippen molar-refractivity contribution in [3.63, 3.8) is 0 Å². The molecule has 0 spiro atoms. The van der Waals surface area contributed by atoms with E-state index >= 15 is 0 Å². The van der Waals surface area contributed by atoms with Crippen LogP contribution < -0.4 is 9.47 Å². The van der Waals surface area contributed by atoms with Gasteiger partial charge < -0.3 is 9.47 Å². The number of carbonyl (C=O) groups excluding carboxylic acids is 2. The number of hydrogen-bond donors (Lipinski definition) is 0. The Labute approximate surface area is 218 Å². The lowest BCUT2D eigenvalue weighted by molar-refractivity contribution is -0.123. The molecule has 0 N–H and O–H groups in total. The van der Waals surface area contributed by atoms with Crippen LogP contribution in [0.25, 0.3) is 16.8 Å². The number of carbonyl (C=O) groups is 2. The maximum Gasteiger partial charge on any atom is 0.293 e. The number of imide groups is 1. The number of benzene rings is 4. The van der Waals surface area contributed by atoms with Crippen molar-refractivity contribution in [2.24, 2.45) is 0 Å². The molecule has 0 atom stereocenters. The van der Waals surface area contributed by atoms with E-state index in [0.717, 1.165) is 33.0 Å². The van der Waals surface area contributed by atoms with Gasteiger partial charge in [-0.2, -0.15) is 0 Å². The second kappa shape index (κ2) is 10.9. The number of fused-ring (bicyclic) bond motifs is 1. The molecule has 0 aromatic heterocycles. The summed E-state index contributed by atoms with van der Waals surface area (Å²) in [5.41, 5.74) is 2.04. The van der Waals surface area contributed by atoms with E-state index < -0.39 is 17.0 Å². The monoisotopic (exact) mass is 513 g/mol. The van der Waals surface area contributed by atoms with E-state index in [2.05, 4.69) is 18.2 Å². The molecule has 7 heteroatoms. The molecule has 2 amide bonds. The van der Waals surface area contributed by atoms with Crippen molar-refractivity contribution in [1.29, 1.82) is 0 Å². The van der Waals surface area contributed by atoms with Crippen LogP contribution in [0.3, 0.4) is 0 Å². The van der Waals surface area contributed by atoms with Crippen LogP contribution in [-0.4, -0.2) is 22.7 Å². The molecule has 0 bridgehead atoms. The average Bonchev–Trinajstić information content (AvgIpc) is 3.17. The Morgan fingerprint density at radius 2 is 1.62 bits per heavy atom. The molecule has 0 aliphatic carbocycles. The summed E-state index contributed by atoms with van der Waals surface area (Å²) in [5.74, 6) is 0.222. The summed E-state index contributed by atoms with van der Waals surface area (Å²) >= 11 is 0.838. The molecule has 5 rings (SSSR count). The SMILES string of the molecule is CCOc1cc(/C=C2/SC(=O)N(Cc3ccccc3F)C2=O)ccc1OCc1cccc2ccccc12. The molecule has 0 radical (unpaired) electrons. The topological polar surface area (TPSA) is 55.8 Å². The molecule has 37 heavy (non-hydrogen) atoms. The Kier molecular flexibility index (Phi) is 7.23. The molecule has 1 fully saturated rings. The highest BCUT2D eigenvalue weighted by Gasteiger charge is 2.35. The molecule has 5 nitrogen and oxygen atoms in total. The summed E-state index contributed by atoms with van der Waals surface area (Å²) in [6.07, 6.45) is 1.64. The molecular formula is C30H24FNO4S. The van der Waals surface area contributed by atoms with E-state index in [0.29, 0.717) is 30.3 Å². The third-order valence-corrected chi connectivity index (χ3v) is 6.90. The number of nitrogens with zero attached hydrogens (tertiary/aromatic N) is 1. The lowest BCUT2D eigenvalue weighted by atomic mass is 10.1. The first kappa shape index (κ1) is 24.6.